The molecule has 0 atom stereocenters. The average molecular weight is 354 g/mol. The van der Waals surface area contributed by atoms with Crippen molar-refractivity contribution in [3.05, 3.63) is 27.7 Å². The Morgan fingerprint density at radius 1 is 1.53 bits per heavy atom. The Kier molecular flexibility index (Phi) is 5.26. The summed E-state index contributed by atoms with van der Waals surface area (Å²) in [4.78, 5) is 11.0. The number of carbonyl (C=O) groups excluding carboxylic acids is 1. The molecule has 0 saturated carbocycles. The summed E-state index contributed by atoms with van der Waals surface area (Å²) < 4.78 is 42.0. The molecule has 0 spiro atoms. The van der Waals surface area contributed by atoms with Crippen molar-refractivity contribution in [2.75, 3.05) is 7.11 Å². The number of nitriles is 1. The van der Waals surface area contributed by atoms with E-state index in [0.29, 0.717) is 0 Å². The predicted molar refractivity (Wildman–Crippen MR) is 66.5 cm³/mol. The number of esters is 1. The molecule has 0 bridgehead atoms. The Morgan fingerprint density at radius 3 is 2.63 bits per heavy atom. The summed E-state index contributed by atoms with van der Waals surface area (Å²) in [6.45, 7) is 0. The van der Waals surface area contributed by atoms with Crippen LogP contribution in [0.25, 0.3) is 0 Å². The van der Waals surface area contributed by atoms with Gasteiger partial charge < -0.3 is 4.74 Å². The first-order chi connectivity index (χ1) is 8.78. The lowest BCUT2D eigenvalue weighted by Crippen LogP contribution is -2.08. The second-order valence-corrected chi connectivity index (χ2v) is 5.20. The van der Waals surface area contributed by atoms with E-state index in [1.165, 1.54) is 12.1 Å². The van der Waals surface area contributed by atoms with Crippen molar-refractivity contribution in [2.45, 2.75) is 16.8 Å². The van der Waals surface area contributed by atoms with Crippen LogP contribution < -0.4 is 0 Å². The number of carbonyl (C=O) groups is 1. The number of halogens is 4. The molecule has 102 valence electrons. The summed E-state index contributed by atoms with van der Waals surface area (Å²) in [5, 5.41) is 8.80. The molecule has 0 aliphatic carbocycles. The molecular weight excluding hydrogens is 347 g/mol. The van der Waals surface area contributed by atoms with Crippen LogP contribution in [0.2, 0.25) is 0 Å². The van der Waals surface area contributed by atoms with E-state index in [4.69, 9.17) is 5.26 Å². The van der Waals surface area contributed by atoms with Crippen molar-refractivity contribution in [3.8, 4) is 6.07 Å². The zero-order valence-corrected chi connectivity index (χ0v) is 11.9. The molecule has 0 unspecified atom stereocenters. The van der Waals surface area contributed by atoms with Gasteiger partial charge in [-0.05, 0) is 39.3 Å². The lowest BCUT2D eigenvalue weighted by molar-refractivity contribution is -0.139. The maximum Gasteiger partial charge on any atom is 0.446 e. The van der Waals surface area contributed by atoms with Crippen LogP contribution in [-0.2, 0) is 16.0 Å². The van der Waals surface area contributed by atoms with E-state index < -0.39 is 11.5 Å². The zero-order valence-electron chi connectivity index (χ0n) is 9.55. The Morgan fingerprint density at radius 2 is 2.16 bits per heavy atom. The summed E-state index contributed by atoms with van der Waals surface area (Å²) in [6, 6.07) is 4.44. The van der Waals surface area contributed by atoms with Gasteiger partial charge in [-0.2, -0.15) is 18.4 Å². The molecule has 8 heteroatoms. The molecule has 0 N–H and O–H groups in total. The SMILES string of the molecule is COC(=O)Cc1ccc(C#N)c(Br)c1SC(F)(F)F. The summed E-state index contributed by atoms with van der Waals surface area (Å²) in [6.07, 6.45) is -0.292. The van der Waals surface area contributed by atoms with Gasteiger partial charge >= 0.3 is 11.5 Å². The lowest BCUT2D eigenvalue weighted by atomic mass is 10.1. The van der Waals surface area contributed by atoms with Crippen LogP contribution >= 0.6 is 27.7 Å². The molecule has 19 heavy (non-hydrogen) atoms. The quantitative estimate of drug-likeness (QED) is 0.614. The van der Waals surface area contributed by atoms with Gasteiger partial charge in [0.15, 0.2) is 0 Å². The van der Waals surface area contributed by atoms with Gasteiger partial charge in [0.25, 0.3) is 0 Å². The van der Waals surface area contributed by atoms with E-state index in [1.54, 1.807) is 6.07 Å². The second kappa shape index (κ2) is 6.30. The molecule has 0 amide bonds. The van der Waals surface area contributed by atoms with E-state index in [0.717, 1.165) is 7.11 Å². The zero-order chi connectivity index (χ0) is 14.6. The van der Waals surface area contributed by atoms with Gasteiger partial charge in [0.05, 0.1) is 19.1 Å². The van der Waals surface area contributed by atoms with Crippen LogP contribution in [0.5, 0.6) is 0 Å². The minimum absolute atomic E-state index is 0.0266. The molecule has 0 saturated heterocycles. The van der Waals surface area contributed by atoms with Crippen molar-refractivity contribution in [1.82, 2.24) is 0 Å². The molecule has 0 aromatic heterocycles. The minimum atomic E-state index is -4.51. The maximum atomic E-state index is 12.5. The molecule has 0 radical (unpaired) electrons. The number of nitrogens with zero attached hydrogens (tertiary/aromatic N) is 1. The minimum Gasteiger partial charge on any atom is -0.469 e. The number of benzene rings is 1. The number of alkyl halides is 3. The van der Waals surface area contributed by atoms with E-state index in [2.05, 4.69) is 20.7 Å². The van der Waals surface area contributed by atoms with Crippen LogP contribution in [-0.4, -0.2) is 18.6 Å². The first-order valence-electron chi connectivity index (χ1n) is 4.82. The van der Waals surface area contributed by atoms with Gasteiger partial charge in [-0.25, -0.2) is 0 Å². The van der Waals surface area contributed by atoms with Gasteiger partial charge in [0.1, 0.15) is 6.07 Å². The number of hydrogen-bond donors (Lipinski definition) is 0. The van der Waals surface area contributed by atoms with Gasteiger partial charge in [-0.15, -0.1) is 0 Å². The third kappa shape index (κ3) is 4.44. The normalized spacial score (nSPS) is 10.9. The fourth-order valence-corrected chi connectivity index (χ4v) is 2.70. The van der Waals surface area contributed by atoms with Gasteiger partial charge in [0, 0.05) is 9.37 Å². The number of thioether (sulfide) groups is 1. The van der Waals surface area contributed by atoms with Crippen LogP contribution in [0.4, 0.5) is 13.2 Å². The number of ether oxygens (including phenoxy) is 1. The van der Waals surface area contributed by atoms with Crippen LogP contribution in [0.1, 0.15) is 11.1 Å². The van der Waals surface area contributed by atoms with Gasteiger partial charge in [0.2, 0.25) is 0 Å². The molecule has 0 fully saturated rings. The molecule has 1 rings (SSSR count). The van der Waals surface area contributed by atoms with Crippen molar-refractivity contribution in [1.29, 1.82) is 5.26 Å². The molecular formula is C11H7BrF3NO2S. The number of rotatable bonds is 3. The van der Waals surface area contributed by atoms with E-state index in [9.17, 15) is 18.0 Å². The third-order valence-corrected chi connectivity index (χ3v) is 4.07. The topological polar surface area (TPSA) is 50.1 Å². The van der Waals surface area contributed by atoms with E-state index >= 15 is 0 Å². The van der Waals surface area contributed by atoms with Gasteiger partial charge in [-0.1, -0.05) is 6.07 Å². The fraction of sp³-hybridized carbons (Fsp3) is 0.273. The van der Waals surface area contributed by atoms with E-state index in [-0.39, 0.29) is 38.7 Å². The fourth-order valence-electron chi connectivity index (χ4n) is 1.28. The first-order valence-corrected chi connectivity index (χ1v) is 6.43. The first kappa shape index (κ1) is 15.9. The number of hydrogen-bond acceptors (Lipinski definition) is 4. The van der Waals surface area contributed by atoms with Gasteiger partial charge in [-0.3, -0.25) is 4.79 Å². The Labute approximate surface area is 119 Å². The highest BCUT2D eigenvalue weighted by Crippen LogP contribution is 2.43. The summed E-state index contributed by atoms with van der Waals surface area (Å²) >= 11 is 2.59. The van der Waals surface area contributed by atoms with E-state index in [1.807, 2.05) is 0 Å². The maximum absolute atomic E-state index is 12.5. The summed E-state index contributed by atoms with van der Waals surface area (Å²) in [5.74, 6) is -0.652. The molecule has 1 aromatic carbocycles. The molecule has 1 aromatic rings. The Hall–Kier alpha value is -1.20. The van der Waals surface area contributed by atoms with Crippen LogP contribution in [0.3, 0.4) is 0 Å². The number of methoxy groups -OCH3 is 1. The third-order valence-electron chi connectivity index (χ3n) is 2.08. The average Bonchev–Trinajstić information content (AvgIpc) is 2.32. The van der Waals surface area contributed by atoms with Crippen molar-refractivity contribution < 1.29 is 22.7 Å². The van der Waals surface area contributed by atoms with Crippen LogP contribution in [0, 0.1) is 11.3 Å². The lowest BCUT2D eigenvalue weighted by Gasteiger charge is -2.13. The van der Waals surface area contributed by atoms with Crippen molar-refractivity contribution in [2.24, 2.45) is 0 Å². The smallest absolute Gasteiger partial charge is 0.446 e. The Balaban J connectivity index is 3.27. The molecule has 0 heterocycles. The molecule has 0 aliphatic rings. The summed E-state index contributed by atoms with van der Waals surface area (Å²) in [5.41, 5.74) is -4.29. The van der Waals surface area contributed by atoms with Crippen molar-refractivity contribution >= 4 is 33.7 Å². The Bertz CT molecular complexity index is 540. The van der Waals surface area contributed by atoms with Crippen molar-refractivity contribution in [3.63, 3.8) is 0 Å². The predicted octanol–water partition coefficient (Wildman–Crippen LogP) is 3.65. The molecule has 3 nitrogen and oxygen atoms in total. The standard InChI is InChI=1S/C11H7BrF3NO2S/c1-18-8(17)4-6-2-3-7(5-16)9(12)10(6)19-11(13,14)15/h2-3H,4H2,1H3. The summed E-state index contributed by atoms with van der Waals surface area (Å²) in [7, 11) is 1.15. The monoisotopic (exact) mass is 353 g/mol. The second-order valence-electron chi connectivity index (χ2n) is 3.33. The highest BCUT2D eigenvalue weighted by Gasteiger charge is 2.32. The highest BCUT2D eigenvalue weighted by molar-refractivity contribution is 9.10. The highest BCUT2D eigenvalue weighted by atomic mass is 79.9. The largest absolute Gasteiger partial charge is 0.469 e. The molecule has 0 aliphatic heterocycles. The van der Waals surface area contributed by atoms with Crippen LogP contribution in [0.15, 0.2) is 21.5 Å².